The summed E-state index contributed by atoms with van der Waals surface area (Å²) in [5.74, 6) is -0.534. The molecule has 0 radical (unpaired) electrons. The van der Waals surface area contributed by atoms with Gasteiger partial charge in [-0.25, -0.2) is 19.1 Å². The van der Waals surface area contributed by atoms with E-state index < -0.39 is 21.7 Å². The van der Waals surface area contributed by atoms with Crippen LogP contribution in [-0.4, -0.2) is 37.0 Å². The Morgan fingerprint density at radius 3 is 2.57 bits per heavy atom. The van der Waals surface area contributed by atoms with E-state index in [2.05, 4.69) is 14.7 Å². The van der Waals surface area contributed by atoms with Gasteiger partial charge in [0.25, 0.3) is 15.9 Å². The van der Waals surface area contributed by atoms with Gasteiger partial charge < -0.3 is 9.47 Å². The van der Waals surface area contributed by atoms with Gasteiger partial charge in [-0.15, -0.1) is 0 Å². The van der Waals surface area contributed by atoms with E-state index in [-0.39, 0.29) is 34.4 Å². The van der Waals surface area contributed by atoms with Crippen molar-refractivity contribution in [3.63, 3.8) is 0 Å². The normalized spacial score (nSPS) is 17.2. The van der Waals surface area contributed by atoms with Crippen molar-refractivity contribution in [2.45, 2.75) is 51.7 Å². The van der Waals surface area contributed by atoms with Crippen molar-refractivity contribution in [1.29, 1.82) is 0 Å². The fraction of sp³-hybridized carbons (Fsp3) is 0.370. The summed E-state index contributed by atoms with van der Waals surface area (Å²) >= 11 is 0. The van der Waals surface area contributed by atoms with Crippen LogP contribution in [0.1, 0.15) is 49.7 Å². The van der Waals surface area contributed by atoms with Crippen LogP contribution in [0.3, 0.4) is 0 Å². The number of hydrogen-bond acceptors (Lipinski definition) is 7. The van der Waals surface area contributed by atoms with Crippen LogP contribution >= 0.6 is 0 Å². The number of benzene rings is 1. The summed E-state index contributed by atoms with van der Waals surface area (Å²) in [5, 5.41) is -0.269. The molecule has 1 aliphatic carbocycles. The maximum absolute atomic E-state index is 14.4. The number of ether oxygens (including phenoxy) is 2. The van der Waals surface area contributed by atoms with Crippen LogP contribution in [-0.2, 0) is 10.0 Å². The van der Waals surface area contributed by atoms with Gasteiger partial charge in [0.15, 0.2) is 5.03 Å². The molecule has 10 heteroatoms. The summed E-state index contributed by atoms with van der Waals surface area (Å²) in [5.41, 5.74) is 1.24. The van der Waals surface area contributed by atoms with Crippen molar-refractivity contribution in [3.8, 4) is 22.9 Å². The lowest BCUT2D eigenvalue weighted by Gasteiger charge is -2.34. The molecule has 1 saturated carbocycles. The van der Waals surface area contributed by atoms with E-state index in [9.17, 15) is 17.6 Å². The lowest BCUT2D eigenvalue weighted by Crippen LogP contribution is -2.36. The van der Waals surface area contributed by atoms with Crippen LogP contribution < -0.4 is 14.2 Å². The number of carbonyl (C=O) groups excluding carboxylic acids is 1. The Morgan fingerprint density at radius 2 is 1.92 bits per heavy atom. The molecule has 2 atom stereocenters. The molecule has 37 heavy (non-hydrogen) atoms. The van der Waals surface area contributed by atoms with Gasteiger partial charge in [-0.05, 0) is 68.0 Å². The van der Waals surface area contributed by atoms with Crippen molar-refractivity contribution < 1.29 is 27.1 Å². The third-order valence-corrected chi connectivity index (χ3v) is 7.26. The number of sulfonamides is 1. The zero-order valence-corrected chi connectivity index (χ0v) is 22.0. The fourth-order valence-electron chi connectivity index (χ4n) is 3.77. The number of rotatable bonds is 9. The van der Waals surface area contributed by atoms with Gasteiger partial charge in [0.05, 0.1) is 12.3 Å². The Kier molecular flexibility index (Phi) is 7.77. The van der Waals surface area contributed by atoms with Crippen molar-refractivity contribution in [1.82, 2.24) is 14.7 Å². The molecule has 0 aliphatic heterocycles. The van der Waals surface area contributed by atoms with Crippen LogP contribution in [0.4, 0.5) is 4.39 Å². The van der Waals surface area contributed by atoms with Crippen molar-refractivity contribution in [2.75, 3.05) is 6.61 Å². The smallest absolute Gasteiger partial charge is 0.281 e. The molecule has 2 unspecified atom stereocenters. The Balaban J connectivity index is 1.67. The van der Waals surface area contributed by atoms with E-state index in [0.717, 1.165) is 12.8 Å². The minimum atomic E-state index is -4.22. The first-order valence-electron chi connectivity index (χ1n) is 12.1. The Bertz CT molecular complexity index is 1410. The number of halogens is 1. The van der Waals surface area contributed by atoms with Gasteiger partial charge >= 0.3 is 0 Å². The highest BCUT2D eigenvalue weighted by molar-refractivity contribution is 7.90. The molecule has 4 rings (SSSR count). The molecular weight excluding hydrogens is 497 g/mol. The fourth-order valence-corrected chi connectivity index (χ4v) is 4.75. The Hall–Kier alpha value is -3.53. The summed E-state index contributed by atoms with van der Waals surface area (Å²) in [4.78, 5) is 21.6. The quantitative estimate of drug-likeness (QED) is 0.421. The average Bonchev–Trinajstić information content (AvgIpc) is 2.84. The number of nitrogens with zero attached hydrogens (tertiary/aromatic N) is 2. The second-order valence-electron chi connectivity index (χ2n) is 9.69. The summed E-state index contributed by atoms with van der Waals surface area (Å²) in [6.45, 7) is 8.09. The number of hydrogen-bond donors (Lipinski definition) is 1. The van der Waals surface area contributed by atoms with E-state index >= 15 is 0 Å². The minimum absolute atomic E-state index is 0.0205. The molecule has 2 aromatic heterocycles. The molecule has 1 aromatic carbocycles. The SMILES string of the molecule is Cc1cccc(S(=O)(=O)NC(=O)c2ccc(-c3cc(F)cc(OCC(C)C)c3)nc2OC2CCC2C)n1. The molecule has 1 aliphatic rings. The highest BCUT2D eigenvalue weighted by Gasteiger charge is 2.31. The molecule has 196 valence electrons. The lowest BCUT2D eigenvalue weighted by atomic mass is 9.83. The number of nitrogens with one attached hydrogen (secondary N) is 1. The first-order valence-corrected chi connectivity index (χ1v) is 13.6. The van der Waals surface area contributed by atoms with Crippen LogP contribution in [0.15, 0.2) is 53.6 Å². The third kappa shape index (κ3) is 6.43. The van der Waals surface area contributed by atoms with Crippen molar-refractivity contribution in [3.05, 3.63) is 65.6 Å². The van der Waals surface area contributed by atoms with Gasteiger partial charge in [-0.3, -0.25) is 4.79 Å². The van der Waals surface area contributed by atoms with Gasteiger partial charge in [-0.1, -0.05) is 26.8 Å². The summed E-state index contributed by atoms with van der Waals surface area (Å²) in [7, 11) is -4.22. The number of amides is 1. The van der Waals surface area contributed by atoms with Crippen molar-refractivity contribution in [2.24, 2.45) is 11.8 Å². The first kappa shape index (κ1) is 26.5. The second-order valence-corrected chi connectivity index (χ2v) is 11.3. The number of pyridine rings is 2. The second kappa shape index (κ2) is 10.8. The molecule has 1 fully saturated rings. The van der Waals surface area contributed by atoms with E-state index in [1.807, 2.05) is 20.8 Å². The minimum Gasteiger partial charge on any atom is -0.493 e. The predicted octanol–water partition coefficient (Wildman–Crippen LogP) is 4.92. The van der Waals surface area contributed by atoms with E-state index in [1.165, 1.54) is 30.3 Å². The number of carbonyl (C=O) groups is 1. The highest BCUT2D eigenvalue weighted by Crippen LogP contribution is 2.34. The average molecular weight is 528 g/mol. The van der Waals surface area contributed by atoms with Crippen LogP contribution in [0, 0.1) is 24.6 Å². The molecule has 8 nitrogen and oxygen atoms in total. The van der Waals surface area contributed by atoms with Crippen molar-refractivity contribution >= 4 is 15.9 Å². The van der Waals surface area contributed by atoms with E-state index in [4.69, 9.17) is 9.47 Å². The van der Waals surface area contributed by atoms with E-state index in [0.29, 0.717) is 29.3 Å². The number of aromatic nitrogens is 2. The molecule has 0 saturated heterocycles. The predicted molar refractivity (Wildman–Crippen MR) is 136 cm³/mol. The third-order valence-electron chi connectivity index (χ3n) is 6.02. The summed E-state index contributed by atoms with van der Waals surface area (Å²) in [6, 6.07) is 11.7. The molecular formula is C27H30FN3O5S. The van der Waals surface area contributed by atoms with Gasteiger partial charge in [0.2, 0.25) is 5.88 Å². The monoisotopic (exact) mass is 527 g/mol. The molecule has 3 aromatic rings. The molecule has 2 heterocycles. The summed E-state index contributed by atoms with van der Waals surface area (Å²) in [6.07, 6.45) is 1.59. The van der Waals surface area contributed by atoms with Crippen LogP contribution in [0.25, 0.3) is 11.3 Å². The zero-order valence-electron chi connectivity index (χ0n) is 21.2. The highest BCUT2D eigenvalue weighted by atomic mass is 32.2. The van der Waals surface area contributed by atoms with E-state index in [1.54, 1.807) is 25.1 Å². The first-order chi connectivity index (χ1) is 17.5. The topological polar surface area (TPSA) is 107 Å². The van der Waals surface area contributed by atoms with Crippen LogP contribution in [0.5, 0.6) is 11.6 Å². The van der Waals surface area contributed by atoms with Gasteiger partial charge in [0, 0.05) is 17.3 Å². The molecule has 0 bridgehead atoms. The largest absolute Gasteiger partial charge is 0.493 e. The molecule has 1 amide bonds. The summed E-state index contributed by atoms with van der Waals surface area (Å²) < 4.78 is 53.7. The van der Waals surface area contributed by atoms with Crippen LogP contribution in [0.2, 0.25) is 0 Å². The standard InChI is InChI=1S/C27H30FN3O5S/c1-16(2)15-35-21-13-19(12-20(28)14-21)23-10-9-22(27(30-23)36-24-11-8-17(24)3)26(32)31-37(33,34)25-7-5-6-18(4)29-25/h5-7,9-10,12-14,16-17,24H,8,11,15H2,1-4H3,(H,31,32). The zero-order chi connectivity index (χ0) is 26.7. The molecule has 1 N–H and O–H groups in total. The Morgan fingerprint density at radius 1 is 1.14 bits per heavy atom. The lowest BCUT2D eigenvalue weighted by molar-refractivity contribution is 0.0522. The maximum atomic E-state index is 14.4. The van der Waals surface area contributed by atoms with Gasteiger partial charge in [0.1, 0.15) is 23.2 Å². The molecule has 0 spiro atoms. The van der Waals surface area contributed by atoms with Gasteiger partial charge in [-0.2, -0.15) is 8.42 Å². The Labute approximate surface area is 216 Å². The number of aryl methyl sites for hydroxylation is 1. The maximum Gasteiger partial charge on any atom is 0.281 e.